The number of unbranched alkanes of at least 4 members (excludes halogenated alkanes) is 4. The first-order valence-electron chi connectivity index (χ1n) is 12.0. The molecule has 0 heterocycles. The summed E-state index contributed by atoms with van der Waals surface area (Å²) >= 11 is 0. The summed E-state index contributed by atoms with van der Waals surface area (Å²) in [5, 5.41) is 0. The van der Waals surface area contributed by atoms with E-state index in [2.05, 4.69) is 13.8 Å². The number of rotatable bonds is 22. The zero-order valence-electron chi connectivity index (χ0n) is 21.9. The third kappa shape index (κ3) is 10.3. The first-order valence-corrected chi connectivity index (χ1v) is 17.1. The van der Waals surface area contributed by atoms with Gasteiger partial charge in [0.25, 0.3) is 0 Å². The van der Waals surface area contributed by atoms with Crippen LogP contribution in [0.25, 0.3) is 0 Å². The highest BCUT2D eigenvalue weighted by Crippen LogP contribution is 2.33. The predicted octanol–water partition coefficient (Wildman–Crippen LogP) is 5.17. The molecule has 0 aliphatic carbocycles. The molecule has 0 aromatic rings. The molecule has 32 heavy (non-hydrogen) atoms. The maximum absolute atomic E-state index is 12.4. The molecule has 2 unspecified atom stereocenters. The smallest absolute Gasteiger partial charge is 0.377 e. The fourth-order valence-corrected chi connectivity index (χ4v) is 10.9. The molecule has 0 spiro atoms. The minimum absolute atomic E-state index is 0.316. The Morgan fingerprint density at radius 1 is 0.562 bits per heavy atom. The molecule has 0 fully saturated rings. The zero-order valence-corrected chi connectivity index (χ0v) is 24.7. The van der Waals surface area contributed by atoms with Gasteiger partial charge in [-0.2, -0.15) is 0 Å². The average Bonchev–Trinajstić information content (AvgIpc) is 2.83. The van der Waals surface area contributed by atoms with Crippen LogP contribution in [0, 0.1) is 0 Å². The fourth-order valence-electron chi connectivity index (χ4n) is 4.52. The molecule has 0 radical (unpaired) electrons. The van der Waals surface area contributed by atoms with E-state index in [1.165, 1.54) is 0 Å². The van der Waals surface area contributed by atoms with Crippen molar-refractivity contribution in [2.24, 2.45) is 0 Å². The van der Waals surface area contributed by atoms with Gasteiger partial charge in [-0.15, -0.1) is 0 Å². The summed E-state index contributed by atoms with van der Waals surface area (Å²) in [4.78, 5) is 0. The van der Waals surface area contributed by atoms with Gasteiger partial charge < -0.3 is 26.6 Å². The van der Waals surface area contributed by atoms with E-state index in [9.17, 15) is 4.21 Å². The molecule has 0 saturated heterocycles. The van der Waals surface area contributed by atoms with Crippen molar-refractivity contribution < 1.29 is 30.8 Å². The van der Waals surface area contributed by atoms with Gasteiger partial charge in [-0.05, 0) is 38.5 Å². The number of hydrogen-bond donors (Lipinski definition) is 0. The lowest BCUT2D eigenvalue weighted by Crippen LogP contribution is -2.47. The fraction of sp³-hybridized carbons (Fsp3) is 1.00. The van der Waals surface area contributed by atoms with Crippen molar-refractivity contribution in [3.8, 4) is 0 Å². The number of hydrogen-bond acceptors (Lipinski definition) is 7. The second kappa shape index (κ2) is 18.6. The van der Waals surface area contributed by atoms with E-state index in [0.717, 1.165) is 75.7 Å². The van der Waals surface area contributed by atoms with Crippen molar-refractivity contribution in [2.75, 3.05) is 54.2 Å². The minimum atomic E-state index is -2.57. The van der Waals surface area contributed by atoms with Crippen molar-refractivity contribution in [3.05, 3.63) is 0 Å². The van der Waals surface area contributed by atoms with Gasteiger partial charge in [0.05, 0.1) is 0 Å². The summed E-state index contributed by atoms with van der Waals surface area (Å²) in [6.07, 6.45) is 10.4. The highest BCUT2D eigenvalue weighted by Gasteiger charge is 2.46. The van der Waals surface area contributed by atoms with E-state index in [-0.39, 0.29) is 0 Å². The van der Waals surface area contributed by atoms with Gasteiger partial charge in [0.15, 0.2) is 0 Å². The summed E-state index contributed by atoms with van der Waals surface area (Å²) in [6, 6.07) is 0. The molecule has 0 bridgehead atoms. The minimum Gasteiger partial charge on any atom is -0.377 e. The molecular formula is C22H50O7SSi2. The second-order valence-corrected chi connectivity index (χ2v) is 16.4. The highest BCUT2D eigenvalue weighted by atomic mass is 32.2. The Morgan fingerprint density at radius 3 is 1.12 bits per heavy atom. The molecule has 0 rings (SSSR count). The van der Waals surface area contributed by atoms with Crippen molar-refractivity contribution in [1.29, 1.82) is 0 Å². The van der Waals surface area contributed by atoms with Gasteiger partial charge in [-0.3, -0.25) is 4.21 Å². The lowest BCUT2D eigenvalue weighted by atomic mass is 10.1. The predicted molar refractivity (Wildman–Crippen MR) is 136 cm³/mol. The summed E-state index contributed by atoms with van der Waals surface area (Å²) in [6.45, 7) is 4.31. The normalized spacial score (nSPS) is 15.6. The van der Waals surface area contributed by atoms with Gasteiger partial charge in [0.1, 0.15) is 0 Å². The third-order valence-electron chi connectivity index (χ3n) is 6.54. The average molecular weight is 515 g/mol. The van der Waals surface area contributed by atoms with E-state index < -0.39 is 28.4 Å². The lowest BCUT2D eigenvalue weighted by Gasteiger charge is -2.31. The molecule has 0 aliphatic rings. The van der Waals surface area contributed by atoms with Crippen LogP contribution in [0.15, 0.2) is 0 Å². The SMILES string of the molecule is CCC(CCCCCS(=O)CCCCCC(CC)[Si](OC)(OC)OC)[Si](OC)(OC)OC. The molecule has 194 valence electrons. The molecule has 0 N–H and O–H groups in total. The van der Waals surface area contributed by atoms with Gasteiger partial charge in [0.2, 0.25) is 0 Å². The van der Waals surface area contributed by atoms with Crippen LogP contribution < -0.4 is 0 Å². The van der Waals surface area contributed by atoms with Gasteiger partial charge >= 0.3 is 17.6 Å². The Bertz CT molecular complexity index is 421. The van der Waals surface area contributed by atoms with Crippen molar-refractivity contribution in [2.45, 2.75) is 89.1 Å². The topological polar surface area (TPSA) is 72.5 Å². The quantitative estimate of drug-likeness (QED) is 0.146. The van der Waals surface area contributed by atoms with Gasteiger partial charge in [0, 0.05) is 76.0 Å². The summed E-state index contributed by atoms with van der Waals surface area (Å²) in [7, 11) is 4.22. The molecule has 0 aromatic heterocycles. The maximum atomic E-state index is 12.4. The van der Waals surface area contributed by atoms with Crippen LogP contribution >= 0.6 is 0 Å². The largest absolute Gasteiger partial charge is 0.503 e. The summed E-state index contributed by atoms with van der Waals surface area (Å²) in [5.74, 6) is 1.59. The first kappa shape index (κ1) is 32.3. The van der Waals surface area contributed by atoms with Crippen LogP contribution in [0.4, 0.5) is 0 Å². The third-order valence-corrected chi connectivity index (χ3v) is 14.8. The molecule has 7 nitrogen and oxygen atoms in total. The molecule has 10 heteroatoms. The molecular weight excluding hydrogens is 464 g/mol. The van der Waals surface area contributed by atoms with Crippen molar-refractivity contribution in [1.82, 2.24) is 0 Å². The summed E-state index contributed by atoms with van der Waals surface area (Å²) < 4.78 is 46.2. The van der Waals surface area contributed by atoms with Crippen LogP contribution in [-0.4, -0.2) is 76.0 Å². The van der Waals surface area contributed by atoms with E-state index in [1.54, 1.807) is 42.7 Å². The summed E-state index contributed by atoms with van der Waals surface area (Å²) in [5.41, 5.74) is 0.632. The van der Waals surface area contributed by atoms with E-state index in [4.69, 9.17) is 26.6 Å². The van der Waals surface area contributed by atoms with Crippen LogP contribution in [0.3, 0.4) is 0 Å². The maximum Gasteiger partial charge on any atom is 0.503 e. The highest BCUT2D eigenvalue weighted by molar-refractivity contribution is 7.84. The van der Waals surface area contributed by atoms with Crippen LogP contribution in [0.1, 0.15) is 78.1 Å². The van der Waals surface area contributed by atoms with Crippen LogP contribution in [0.2, 0.25) is 11.1 Å². The lowest BCUT2D eigenvalue weighted by molar-refractivity contribution is 0.108. The monoisotopic (exact) mass is 514 g/mol. The molecule has 0 amide bonds. The molecule has 0 aromatic carbocycles. The Balaban J connectivity index is 4.08. The van der Waals surface area contributed by atoms with E-state index in [0.29, 0.717) is 11.1 Å². The zero-order chi connectivity index (χ0) is 24.5. The van der Waals surface area contributed by atoms with Crippen molar-refractivity contribution in [3.63, 3.8) is 0 Å². The Morgan fingerprint density at radius 2 is 0.875 bits per heavy atom. The van der Waals surface area contributed by atoms with Gasteiger partial charge in [-0.25, -0.2) is 0 Å². The Kier molecular flexibility index (Phi) is 18.8. The molecule has 0 aliphatic heterocycles. The van der Waals surface area contributed by atoms with Crippen LogP contribution in [-0.2, 0) is 37.4 Å². The molecule has 2 atom stereocenters. The van der Waals surface area contributed by atoms with E-state index in [1.807, 2.05) is 0 Å². The van der Waals surface area contributed by atoms with E-state index >= 15 is 0 Å². The van der Waals surface area contributed by atoms with Gasteiger partial charge in [-0.1, -0.05) is 39.5 Å². The first-order chi connectivity index (χ1) is 15.4. The standard InChI is InChI=1S/C22H50O7SSi2/c1-9-21(31(24-3,25-4)26-5)17-13-11-15-19-30(23)20-16-12-14-18-22(10-2)32(27-6,28-7)29-8/h21-22H,9-20H2,1-8H3. The Labute approximate surface area is 202 Å². The molecule has 0 saturated carbocycles. The van der Waals surface area contributed by atoms with Crippen LogP contribution in [0.5, 0.6) is 0 Å². The second-order valence-electron chi connectivity index (χ2n) is 8.19. The van der Waals surface area contributed by atoms with Crippen molar-refractivity contribution >= 4 is 28.4 Å². The Hall–Kier alpha value is 0.344.